The maximum absolute atomic E-state index is 10.5. The van der Waals surface area contributed by atoms with Gasteiger partial charge >= 0.3 is 5.97 Å². The third-order valence-electron chi connectivity index (χ3n) is 1.18. The van der Waals surface area contributed by atoms with Gasteiger partial charge in [-0.05, 0) is 0 Å². The van der Waals surface area contributed by atoms with E-state index in [-0.39, 0.29) is 6.61 Å². The molecule has 0 saturated carbocycles. The highest BCUT2D eigenvalue weighted by Crippen LogP contribution is 1.81. The van der Waals surface area contributed by atoms with Gasteiger partial charge in [0, 0.05) is 7.11 Å². The lowest BCUT2D eigenvalue weighted by Gasteiger charge is -2.03. The van der Waals surface area contributed by atoms with Crippen molar-refractivity contribution in [2.24, 2.45) is 0 Å². The average molecular weight is 191 g/mol. The molecule has 0 atom stereocenters. The van der Waals surface area contributed by atoms with E-state index < -0.39 is 5.97 Å². The average Bonchev–Trinajstić information content (AvgIpc) is 2.16. The van der Waals surface area contributed by atoms with Crippen molar-refractivity contribution in [3.63, 3.8) is 0 Å². The van der Waals surface area contributed by atoms with Crippen molar-refractivity contribution < 1.29 is 23.7 Å². The van der Waals surface area contributed by atoms with Gasteiger partial charge in [-0.25, -0.2) is 4.79 Å². The molecule has 5 nitrogen and oxygen atoms in total. The smallest absolute Gasteiger partial charge is 0.332 e. The van der Waals surface area contributed by atoms with E-state index >= 15 is 0 Å². The van der Waals surface area contributed by atoms with Crippen LogP contribution in [0.15, 0.2) is 0 Å². The van der Waals surface area contributed by atoms with Gasteiger partial charge in [0.05, 0.1) is 26.4 Å². The summed E-state index contributed by atoms with van der Waals surface area (Å²) in [5.74, 6) is -0.489. The first-order valence-corrected chi connectivity index (χ1v) is 3.90. The summed E-state index contributed by atoms with van der Waals surface area (Å²) in [4.78, 5) is 10.5. The van der Waals surface area contributed by atoms with E-state index in [1.807, 2.05) is 0 Å². The van der Waals surface area contributed by atoms with E-state index in [9.17, 15) is 4.79 Å². The number of hydrogen-bond donors (Lipinski definition) is 0. The Kier molecular flexibility index (Phi) is 8.97. The van der Waals surface area contributed by atoms with Crippen LogP contribution in [0.4, 0.5) is 0 Å². The molecule has 0 bridgehead atoms. The first-order valence-electron chi connectivity index (χ1n) is 3.90. The van der Waals surface area contributed by atoms with Gasteiger partial charge in [0.15, 0.2) is 0 Å². The van der Waals surface area contributed by atoms with E-state index in [1.165, 1.54) is 0 Å². The lowest BCUT2D eigenvalue weighted by atomic mass is 10.7. The van der Waals surface area contributed by atoms with E-state index in [4.69, 9.17) is 14.2 Å². The quantitative estimate of drug-likeness (QED) is 0.399. The van der Waals surface area contributed by atoms with Crippen molar-refractivity contribution in [1.82, 2.24) is 0 Å². The third kappa shape index (κ3) is 9.26. The molecule has 1 radical (unpaired) electrons. The predicted octanol–water partition coefficient (Wildman–Crippen LogP) is 0.000790. The van der Waals surface area contributed by atoms with Crippen molar-refractivity contribution in [2.75, 3.05) is 40.1 Å². The molecule has 0 spiro atoms. The monoisotopic (exact) mass is 191 g/mol. The minimum Gasteiger partial charge on any atom is -0.460 e. The Labute approximate surface area is 77.9 Å². The van der Waals surface area contributed by atoms with Crippen molar-refractivity contribution in [3.05, 3.63) is 7.11 Å². The van der Waals surface area contributed by atoms with E-state index in [0.717, 1.165) is 0 Å². The van der Waals surface area contributed by atoms with Crippen LogP contribution in [0, 0.1) is 7.11 Å². The summed E-state index contributed by atoms with van der Waals surface area (Å²) in [6.07, 6.45) is 0. The van der Waals surface area contributed by atoms with Crippen LogP contribution in [0.1, 0.15) is 0 Å². The topological polar surface area (TPSA) is 54.0 Å². The second-order valence-electron chi connectivity index (χ2n) is 2.17. The fraction of sp³-hybridized carbons (Fsp3) is 0.750. The highest BCUT2D eigenvalue weighted by Gasteiger charge is 1.98. The van der Waals surface area contributed by atoms with Gasteiger partial charge < -0.3 is 18.9 Å². The fourth-order valence-electron chi connectivity index (χ4n) is 0.559. The van der Waals surface area contributed by atoms with Gasteiger partial charge in [-0.1, -0.05) is 0 Å². The van der Waals surface area contributed by atoms with Gasteiger partial charge in [0.2, 0.25) is 0 Å². The van der Waals surface area contributed by atoms with Crippen molar-refractivity contribution >= 4 is 5.97 Å². The summed E-state index contributed by atoms with van der Waals surface area (Å²) in [5, 5.41) is 0. The number of carbonyl (C=O) groups excluding carboxylic acids is 1. The Morgan fingerprint density at radius 2 is 1.77 bits per heavy atom. The summed E-state index contributed by atoms with van der Waals surface area (Å²) in [5.41, 5.74) is 0. The predicted molar refractivity (Wildman–Crippen MR) is 45.0 cm³/mol. The van der Waals surface area contributed by atoms with Gasteiger partial charge in [0.1, 0.15) is 13.7 Å². The third-order valence-corrected chi connectivity index (χ3v) is 1.18. The molecule has 0 amide bonds. The molecule has 0 N–H and O–H groups in total. The second kappa shape index (κ2) is 9.44. The van der Waals surface area contributed by atoms with Gasteiger partial charge in [-0.3, -0.25) is 0 Å². The molecule has 0 aliphatic rings. The molecule has 5 heteroatoms. The number of hydrogen-bond acceptors (Lipinski definition) is 5. The van der Waals surface area contributed by atoms with E-state index in [0.29, 0.717) is 26.4 Å². The zero-order valence-electron chi connectivity index (χ0n) is 7.78. The largest absolute Gasteiger partial charge is 0.460 e. The number of esters is 1. The minimum absolute atomic E-state index is 0.0862. The molecule has 0 aliphatic carbocycles. The fourth-order valence-corrected chi connectivity index (χ4v) is 0.559. The Morgan fingerprint density at radius 1 is 1.15 bits per heavy atom. The minimum atomic E-state index is -0.489. The normalized spacial score (nSPS) is 10.0. The van der Waals surface area contributed by atoms with E-state index in [1.54, 1.807) is 7.11 Å². The maximum Gasteiger partial charge on any atom is 0.332 e. The molecule has 0 fully saturated rings. The van der Waals surface area contributed by atoms with Crippen LogP contribution in [-0.2, 0) is 23.7 Å². The van der Waals surface area contributed by atoms with Crippen LogP contribution in [-0.4, -0.2) is 46.1 Å². The van der Waals surface area contributed by atoms with Crippen LogP contribution >= 0.6 is 0 Å². The van der Waals surface area contributed by atoms with Crippen molar-refractivity contribution in [3.8, 4) is 0 Å². The molecule has 0 heterocycles. The van der Waals surface area contributed by atoms with Crippen LogP contribution in [0.25, 0.3) is 0 Å². The zero-order valence-corrected chi connectivity index (χ0v) is 7.78. The molecule has 77 valence electrons. The molecule has 0 saturated heterocycles. The highest BCUT2D eigenvalue weighted by atomic mass is 16.6. The number of rotatable bonds is 8. The van der Waals surface area contributed by atoms with Crippen LogP contribution in [0.3, 0.4) is 0 Å². The Bertz CT molecular complexity index is 126. The van der Waals surface area contributed by atoms with Gasteiger partial charge in [-0.2, -0.15) is 0 Å². The molecule has 0 aliphatic heterocycles. The molecular weight excluding hydrogens is 176 g/mol. The SMILES string of the molecule is [CH2]OC(=O)COCCOCCOC. The zero-order chi connectivity index (χ0) is 9.94. The first-order chi connectivity index (χ1) is 6.31. The molecule has 0 unspecified atom stereocenters. The first kappa shape index (κ1) is 12.3. The number of carbonyl (C=O) groups is 1. The van der Waals surface area contributed by atoms with Crippen LogP contribution in [0.5, 0.6) is 0 Å². The number of methoxy groups -OCH3 is 1. The Hall–Kier alpha value is -0.650. The van der Waals surface area contributed by atoms with Crippen LogP contribution in [0.2, 0.25) is 0 Å². The molecule has 0 aromatic carbocycles. The summed E-state index contributed by atoms with van der Waals surface area (Å²) >= 11 is 0. The number of ether oxygens (including phenoxy) is 4. The highest BCUT2D eigenvalue weighted by molar-refractivity contribution is 5.70. The van der Waals surface area contributed by atoms with Crippen LogP contribution < -0.4 is 0 Å². The lowest BCUT2D eigenvalue weighted by molar-refractivity contribution is -0.144. The lowest BCUT2D eigenvalue weighted by Crippen LogP contribution is -2.13. The molecule has 13 heavy (non-hydrogen) atoms. The summed E-state index contributed by atoms with van der Waals surface area (Å²) in [6.45, 7) is 1.80. The summed E-state index contributed by atoms with van der Waals surface area (Å²) in [7, 11) is 4.55. The second-order valence-corrected chi connectivity index (χ2v) is 2.17. The standard InChI is InChI=1S/C8H15O5/c1-10-3-4-12-5-6-13-7-8(9)11-2/h2-7H2,1H3. The van der Waals surface area contributed by atoms with Gasteiger partial charge in [0.25, 0.3) is 0 Å². The van der Waals surface area contributed by atoms with Crippen molar-refractivity contribution in [1.29, 1.82) is 0 Å². The Morgan fingerprint density at radius 3 is 2.38 bits per heavy atom. The summed E-state index contributed by atoms with van der Waals surface area (Å²) in [6, 6.07) is 0. The Balaban J connectivity index is 2.95. The summed E-state index contributed by atoms with van der Waals surface area (Å²) < 4.78 is 18.8. The maximum atomic E-state index is 10.5. The molecule has 0 aromatic rings. The van der Waals surface area contributed by atoms with Crippen molar-refractivity contribution in [2.45, 2.75) is 0 Å². The molecular formula is C8H15O5. The molecule has 0 aromatic heterocycles. The molecule has 0 rings (SSSR count). The van der Waals surface area contributed by atoms with E-state index in [2.05, 4.69) is 11.8 Å². The van der Waals surface area contributed by atoms with Gasteiger partial charge in [-0.15, -0.1) is 0 Å².